The molecule has 6 heteroatoms. The van der Waals surface area contributed by atoms with Crippen molar-refractivity contribution in [2.24, 2.45) is 0 Å². The van der Waals surface area contributed by atoms with Gasteiger partial charge in [-0.2, -0.15) is 8.42 Å². The molecule has 0 aliphatic carbocycles. The third-order valence-corrected chi connectivity index (χ3v) is 1.53. The molecule has 0 N–H and O–H groups in total. The molecular formula is C6H14O5S. The van der Waals surface area contributed by atoms with Crippen molar-refractivity contribution in [1.82, 2.24) is 0 Å². The van der Waals surface area contributed by atoms with E-state index in [9.17, 15) is 8.42 Å². The summed E-state index contributed by atoms with van der Waals surface area (Å²) in [5, 5.41) is 0. The quantitative estimate of drug-likeness (QED) is 0.326. The fourth-order valence-electron chi connectivity index (χ4n) is 0.514. The molecule has 74 valence electrons. The molecular weight excluding hydrogens is 184 g/mol. The molecule has 0 saturated carbocycles. The summed E-state index contributed by atoms with van der Waals surface area (Å²) in [4.78, 5) is 0. The van der Waals surface area contributed by atoms with Crippen LogP contribution in [-0.2, 0) is 23.8 Å². The van der Waals surface area contributed by atoms with Crippen molar-refractivity contribution >= 4 is 10.1 Å². The van der Waals surface area contributed by atoms with E-state index in [-0.39, 0.29) is 13.4 Å². The minimum absolute atomic E-state index is 0.155. The average molecular weight is 198 g/mol. The molecule has 5 nitrogen and oxygen atoms in total. The Morgan fingerprint density at radius 2 is 1.92 bits per heavy atom. The predicted octanol–water partition coefficient (Wildman–Crippen LogP) is -0.0268. The van der Waals surface area contributed by atoms with E-state index in [1.165, 1.54) is 7.11 Å². The molecule has 0 bridgehead atoms. The summed E-state index contributed by atoms with van der Waals surface area (Å²) in [6.07, 6.45) is 1.56. The standard InChI is InChI=1S/C6H14O5S/c1-9-6-10-4-3-5-11-12(2,7)8/h3-6H2,1-2H3. The van der Waals surface area contributed by atoms with Gasteiger partial charge in [-0.05, 0) is 6.42 Å². The summed E-state index contributed by atoms with van der Waals surface area (Å²) in [5.74, 6) is 0. The zero-order valence-corrected chi connectivity index (χ0v) is 8.09. The van der Waals surface area contributed by atoms with Crippen molar-refractivity contribution in [3.63, 3.8) is 0 Å². The van der Waals surface area contributed by atoms with Crippen LogP contribution in [0.2, 0.25) is 0 Å². The largest absolute Gasteiger partial charge is 0.359 e. The van der Waals surface area contributed by atoms with Gasteiger partial charge in [0.15, 0.2) is 0 Å². The number of ether oxygens (including phenoxy) is 2. The van der Waals surface area contributed by atoms with Gasteiger partial charge in [0.05, 0.1) is 19.5 Å². The molecule has 0 aliphatic heterocycles. The first-order chi connectivity index (χ1) is 5.56. The fraction of sp³-hybridized carbons (Fsp3) is 1.00. The first-order valence-corrected chi connectivity index (χ1v) is 5.29. The Hall–Kier alpha value is -0.170. The smallest absolute Gasteiger partial charge is 0.264 e. The molecule has 0 aromatic heterocycles. The van der Waals surface area contributed by atoms with Crippen LogP contribution in [-0.4, -0.2) is 41.8 Å². The van der Waals surface area contributed by atoms with Gasteiger partial charge in [-0.25, -0.2) is 0 Å². The van der Waals surface area contributed by atoms with E-state index in [1.807, 2.05) is 0 Å². The summed E-state index contributed by atoms with van der Waals surface area (Å²) in [6.45, 7) is 0.810. The Kier molecular flexibility index (Phi) is 6.27. The van der Waals surface area contributed by atoms with Crippen molar-refractivity contribution in [3.8, 4) is 0 Å². The molecule has 0 aromatic rings. The van der Waals surface area contributed by atoms with Crippen LogP contribution in [0, 0.1) is 0 Å². The number of rotatable bonds is 7. The van der Waals surface area contributed by atoms with Gasteiger partial charge in [0.1, 0.15) is 6.79 Å². The molecule has 0 rings (SSSR count). The first kappa shape index (κ1) is 11.8. The van der Waals surface area contributed by atoms with Crippen LogP contribution in [0.15, 0.2) is 0 Å². The van der Waals surface area contributed by atoms with Crippen LogP contribution < -0.4 is 0 Å². The van der Waals surface area contributed by atoms with Gasteiger partial charge in [-0.15, -0.1) is 0 Å². The first-order valence-electron chi connectivity index (χ1n) is 3.47. The molecule has 0 aliphatic rings. The Labute approximate surface area is 72.7 Å². The number of methoxy groups -OCH3 is 1. The highest BCUT2D eigenvalue weighted by Gasteiger charge is 1.99. The normalized spacial score (nSPS) is 11.8. The van der Waals surface area contributed by atoms with Crippen LogP contribution in [0.5, 0.6) is 0 Å². The van der Waals surface area contributed by atoms with Gasteiger partial charge < -0.3 is 9.47 Å². The van der Waals surface area contributed by atoms with Crippen LogP contribution in [0.25, 0.3) is 0 Å². The molecule has 0 spiro atoms. The van der Waals surface area contributed by atoms with Gasteiger partial charge in [0.25, 0.3) is 10.1 Å². The Morgan fingerprint density at radius 1 is 1.25 bits per heavy atom. The maximum absolute atomic E-state index is 10.4. The Bertz CT molecular complexity index is 186. The highest BCUT2D eigenvalue weighted by molar-refractivity contribution is 7.85. The summed E-state index contributed by atoms with van der Waals surface area (Å²) in [5.41, 5.74) is 0. The SMILES string of the molecule is COCOCCCOS(C)(=O)=O. The highest BCUT2D eigenvalue weighted by Crippen LogP contribution is 1.90. The zero-order chi connectivity index (χ0) is 9.45. The highest BCUT2D eigenvalue weighted by atomic mass is 32.2. The average Bonchev–Trinajstić information content (AvgIpc) is 1.94. The molecule has 0 amide bonds. The van der Waals surface area contributed by atoms with E-state index in [0.29, 0.717) is 13.0 Å². The van der Waals surface area contributed by atoms with Gasteiger partial charge in [-0.1, -0.05) is 0 Å². The Morgan fingerprint density at radius 3 is 2.42 bits per heavy atom. The maximum atomic E-state index is 10.4. The van der Waals surface area contributed by atoms with Crippen LogP contribution in [0.1, 0.15) is 6.42 Å². The van der Waals surface area contributed by atoms with E-state index in [0.717, 1.165) is 6.26 Å². The summed E-state index contributed by atoms with van der Waals surface area (Å²) < 4.78 is 34.8. The molecule has 0 fully saturated rings. The van der Waals surface area contributed by atoms with Crippen LogP contribution in [0.3, 0.4) is 0 Å². The van der Waals surface area contributed by atoms with E-state index in [4.69, 9.17) is 4.74 Å². The second-order valence-corrected chi connectivity index (χ2v) is 3.84. The van der Waals surface area contributed by atoms with Crippen LogP contribution in [0.4, 0.5) is 0 Å². The van der Waals surface area contributed by atoms with Crippen molar-refractivity contribution in [2.45, 2.75) is 6.42 Å². The third kappa shape index (κ3) is 9.83. The summed E-state index contributed by atoms with van der Waals surface area (Å²) in [6, 6.07) is 0. The van der Waals surface area contributed by atoms with Crippen molar-refractivity contribution in [1.29, 1.82) is 0 Å². The molecule has 0 unspecified atom stereocenters. The lowest BCUT2D eigenvalue weighted by Crippen LogP contribution is -2.07. The van der Waals surface area contributed by atoms with Crippen LogP contribution >= 0.6 is 0 Å². The second kappa shape index (κ2) is 6.36. The zero-order valence-electron chi connectivity index (χ0n) is 7.28. The topological polar surface area (TPSA) is 61.8 Å². The number of hydrogen-bond donors (Lipinski definition) is 0. The van der Waals surface area contributed by atoms with E-state index >= 15 is 0 Å². The van der Waals surface area contributed by atoms with E-state index in [1.54, 1.807) is 0 Å². The minimum Gasteiger partial charge on any atom is -0.359 e. The minimum atomic E-state index is -3.30. The van der Waals surface area contributed by atoms with Gasteiger partial charge >= 0.3 is 0 Å². The third-order valence-electron chi connectivity index (χ3n) is 0.932. The van der Waals surface area contributed by atoms with Crippen molar-refractivity contribution in [3.05, 3.63) is 0 Å². The fourth-order valence-corrected chi connectivity index (χ4v) is 0.934. The van der Waals surface area contributed by atoms with E-state index < -0.39 is 10.1 Å². The maximum Gasteiger partial charge on any atom is 0.264 e. The lowest BCUT2D eigenvalue weighted by molar-refractivity contribution is -0.0331. The molecule has 0 aromatic carbocycles. The number of hydrogen-bond acceptors (Lipinski definition) is 5. The van der Waals surface area contributed by atoms with Gasteiger partial charge in [-0.3, -0.25) is 4.18 Å². The molecule has 0 heterocycles. The Balaban J connectivity index is 3.12. The molecule has 0 saturated heterocycles. The molecule has 0 radical (unpaired) electrons. The van der Waals surface area contributed by atoms with E-state index in [2.05, 4.69) is 8.92 Å². The second-order valence-electron chi connectivity index (χ2n) is 2.19. The predicted molar refractivity (Wildman–Crippen MR) is 43.2 cm³/mol. The summed E-state index contributed by atoms with van der Waals surface area (Å²) >= 11 is 0. The monoisotopic (exact) mass is 198 g/mol. The van der Waals surface area contributed by atoms with Gasteiger partial charge in [0.2, 0.25) is 0 Å². The van der Waals surface area contributed by atoms with Gasteiger partial charge in [0, 0.05) is 7.11 Å². The molecule has 0 atom stereocenters. The lowest BCUT2D eigenvalue weighted by atomic mass is 10.5. The van der Waals surface area contributed by atoms with Crippen molar-refractivity contribution in [2.75, 3.05) is 33.4 Å². The summed E-state index contributed by atoms with van der Waals surface area (Å²) in [7, 11) is -1.78. The molecule has 12 heavy (non-hydrogen) atoms. The van der Waals surface area contributed by atoms with Crippen molar-refractivity contribution < 1.29 is 22.1 Å². The lowest BCUT2D eigenvalue weighted by Gasteiger charge is -2.02.